The zero-order valence-corrected chi connectivity index (χ0v) is 9.97. The molecule has 1 aromatic carbocycles. The highest BCUT2D eigenvalue weighted by atomic mass is 19.1. The highest BCUT2D eigenvalue weighted by molar-refractivity contribution is 5.94. The van der Waals surface area contributed by atoms with Crippen LogP contribution in [0.25, 0.3) is 0 Å². The molecule has 2 rings (SSSR count). The molecule has 1 aromatic rings. The lowest BCUT2D eigenvalue weighted by Gasteiger charge is -2.33. The number of amides is 1. The highest BCUT2D eigenvalue weighted by Crippen LogP contribution is 2.09. The molecule has 0 saturated carbocycles. The zero-order valence-electron chi connectivity index (χ0n) is 9.97. The summed E-state index contributed by atoms with van der Waals surface area (Å²) in [5, 5.41) is 8.59. The number of nitriles is 1. The average Bonchev–Trinajstić information content (AvgIpc) is 2.40. The molecule has 0 spiro atoms. The molecular weight excluding hydrogens is 233 g/mol. The first-order valence-electron chi connectivity index (χ1n) is 5.85. The molecule has 0 aliphatic carbocycles. The van der Waals surface area contributed by atoms with Crippen molar-refractivity contribution in [1.29, 1.82) is 5.26 Å². The van der Waals surface area contributed by atoms with Crippen LogP contribution < -0.4 is 0 Å². The van der Waals surface area contributed by atoms with Crippen molar-refractivity contribution in [2.75, 3.05) is 32.7 Å². The largest absolute Gasteiger partial charge is 0.336 e. The molecule has 1 fully saturated rings. The van der Waals surface area contributed by atoms with E-state index in [0.29, 0.717) is 38.3 Å². The van der Waals surface area contributed by atoms with Gasteiger partial charge in [0.25, 0.3) is 5.91 Å². The number of rotatable bonds is 2. The molecule has 0 atom stereocenters. The Morgan fingerprint density at radius 2 is 1.83 bits per heavy atom. The third-order valence-electron chi connectivity index (χ3n) is 3.04. The number of benzene rings is 1. The minimum Gasteiger partial charge on any atom is -0.336 e. The minimum atomic E-state index is -0.342. The lowest BCUT2D eigenvalue weighted by Crippen LogP contribution is -2.48. The van der Waals surface area contributed by atoms with Crippen molar-refractivity contribution in [3.63, 3.8) is 0 Å². The van der Waals surface area contributed by atoms with Gasteiger partial charge in [0.1, 0.15) is 5.82 Å². The standard InChI is InChI=1S/C13H14FN3O/c14-12-3-1-11(2-4-12)13(18)17-9-7-16(6-5-15)8-10-17/h1-4H,6-10H2. The van der Waals surface area contributed by atoms with Gasteiger partial charge in [-0.15, -0.1) is 0 Å². The van der Waals surface area contributed by atoms with E-state index in [2.05, 4.69) is 6.07 Å². The van der Waals surface area contributed by atoms with Crippen molar-refractivity contribution in [3.05, 3.63) is 35.6 Å². The second-order valence-electron chi connectivity index (χ2n) is 4.23. The number of halogens is 1. The van der Waals surface area contributed by atoms with Gasteiger partial charge in [-0.25, -0.2) is 4.39 Å². The van der Waals surface area contributed by atoms with Crippen molar-refractivity contribution in [1.82, 2.24) is 9.80 Å². The number of hydrogen-bond acceptors (Lipinski definition) is 3. The van der Waals surface area contributed by atoms with Gasteiger partial charge in [-0.2, -0.15) is 5.26 Å². The highest BCUT2D eigenvalue weighted by Gasteiger charge is 2.21. The van der Waals surface area contributed by atoms with E-state index in [1.54, 1.807) is 4.90 Å². The van der Waals surface area contributed by atoms with Gasteiger partial charge < -0.3 is 4.90 Å². The van der Waals surface area contributed by atoms with Crippen LogP contribution in [0.15, 0.2) is 24.3 Å². The van der Waals surface area contributed by atoms with Gasteiger partial charge in [0.15, 0.2) is 0 Å². The van der Waals surface area contributed by atoms with Gasteiger partial charge in [0.2, 0.25) is 0 Å². The molecule has 0 aromatic heterocycles. The molecular formula is C13H14FN3O. The Labute approximate surface area is 105 Å². The van der Waals surface area contributed by atoms with Crippen LogP contribution in [0.1, 0.15) is 10.4 Å². The summed E-state index contributed by atoms with van der Waals surface area (Å²) in [6, 6.07) is 7.68. The van der Waals surface area contributed by atoms with E-state index >= 15 is 0 Å². The van der Waals surface area contributed by atoms with Crippen molar-refractivity contribution in [3.8, 4) is 6.07 Å². The lowest BCUT2D eigenvalue weighted by atomic mass is 10.2. The summed E-state index contributed by atoms with van der Waals surface area (Å²) in [6.45, 7) is 3.04. The Morgan fingerprint density at radius 3 is 2.39 bits per heavy atom. The Morgan fingerprint density at radius 1 is 1.22 bits per heavy atom. The average molecular weight is 247 g/mol. The monoisotopic (exact) mass is 247 g/mol. The summed E-state index contributed by atoms with van der Waals surface area (Å²) >= 11 is 0. The molecule has 1 aliphatic rings. The minimum absolute atomic E-state index is 0.0772. The van der Waals surface area contributed by atoms with Crippen LogP contribution in [0.4, 0.5) is 4.39 Å². The third-order valence-corrected chi connectivity index (χ3v) is 3.04. The Bertz CT molecular complexity index is 458. The molecule has 4 nitrogen and oxygen atoms in total. The van der Waals surface area contributed by atoms with Gasteiger partial charge in [0, 0.05) is 31.7 Å². The second-order valence-corrected chi connectivity index (χ2v) is 4.23. The summed E-state index contributed by atoms with van der Waals surface area (Å²) in [7, 11) is 0. The first-order valence-corrected chi connectivity index (χ1v) is 5.85. The number of hydrogen-bond donors (Lipinski definition) is 0. The maximum atomic E-state index is 12.8. The molecule has 0 radical (unpaired) electrons. The summed E-state index contributed by atoms with van der Waals surface area (Å²) < 4.78 is 12.8. The fraction of sp³-hybridized carbons (Fsp3) is 0.385. The SMILES string of the molecule is N#CCN1CCN(C(=O)c2ccc(F)cc2)CC1. The summed E-state index contributed by atoms with van der Waals surface area (Å²) in [5.74, 6) is -0.419. The van der Waals surface area contributed by atoms with E-state index < -0.39 is 0 Å². The summed E-state index contributed by atoms with van der Waals surface area (Å²) in [5.41, 5.74) is 0.505. The first kappa shape index (κ1) is 12.5. The normalized spacial score (nSPS) is 16.3. The van der Waals surface area contributed by atoms with Crippen LogP contribution >= 0.6 is 0 Å². The van der Waals surface area contributed by atoms with Crippen molar-refractivity contribution in [2.45, 2.75) is 0 Å². The van der Waals surface area contributed by atoms with Gasteiger partial charge in [-0.3, -0.25) is 9.69 Å². The van der Waals surface area contributed by atoms with Crippen molar-refractivity contribution < 1.29 is 9.18 Å². The number of nitrogens with zero attached hydrogens (tertiary/aromatic N) is 3. The van der Waals surface area contributed by atoms with Gasteiger partial charge >= 0.3 is 0 Å². The van der Waals surface area contributed by atoms with E-state index in [4.69, 9.17) is 5.26 Å². The molecule has 5 heteroatoms. The maximum Gasteiger partial charge on any atom is 0.253 e. The molecule has 18 heavy (non-hydrogen) atoms. The van der Waals surface area contributed by atoms with E-state index in [-0.39, 0.29) is 11.7 Å². The maximum absolute atomic E-state index is 12.8. The smallest absolute Gasteiger partial charge is 0.253 e. The number of carbonyl (C=O) groups excluding carboxylic acids is 1. The number of piperazine rings is 1. The zero-order chi connectivity index (χ0) is 13.0. The van der Waals surface area contributed by atoms with Crippen LogP contribution in [0.5, 0.6) is 0 Å². The van der Waals surface area contributed by atoms with Crippen LogP contribution in [0.2, 0.25) is 0 Å². The lowest BCUT2D eigenvalue weighted by molar-refractivity contribution is 0.0652. The fourth-order valence-corrected chi connectivity index (χ4v) is 1.98. The Balaban J connectivity index is 1.95. The van der Waals surface area contributed by atoms with E-state index in [1.165, 1.54) is 24.3 Å². The van der Waals surface area contributed by atoms with Crippen LogP contribution in [0, 0.1) is 17.1 Å². The van der Waals surface area contributed by atoms with Crippen molar-refractivity contribution >= 4 is 5.91 Å². The Kier molecular flexibility index (Phi) is 3.90. The predicted octanol–water partition coefficient (Wildman–Crippen LogP) is 1.11. The van der Waals surface area contributed by atoms with Gasteiger partial charge in [-0.05, 0) is 24.3 Å². The molecule has 0 N–H and O–H groups in total. The van der Waals surface area contributed by atoms with Crippen LogP contribution in [-0.4, -0.2) is 48.4 Å². The second kappa shape index (κ2) is 5.61. The fourth-order valence-electron chi connectivity index (χ4n) is 1.98. The summed E-state index contributed by atoms with van der Waals surface area (Å²) in [6.07, 6.45) is 0. The van der Waals surface area contributed by atoms with E-state index in [1.807, 2.05) is 4.90 Å². The third kappa shape index (κ3) is 2.84. The molecule has 1 amide bonds. The van der Waals surface area contributed by atoms with E-state index in [9.17, 15) is 9.18 Å². The van der Waals surface area contributed by atoms with Crippen LogP contribution in [-0.2, 0) is 0 Å². The topological polar surface area (TPSA) is 47.3 Å². The molecule has 1 aliphatic heterocycles. The quantitative estimate of drug-likeness (QED) is 0.735. The van der Waals surface area contributed by atoms with E-state index in [0.717, 1.165) is 0 Å². The molecule has 1 heterocycles. The predicted molar refractivity (Wildman–Crippen MR) is 64.4 cm³/mol. The van der Waals surface area contributed by atoms with Crippen LogP contribution in [0.3, 0.4) is 0 Å². The molecule has 0 bridgehead atoms. The Hall–Kier alpha value is -1.93. The number of carbonyl (C=O) groups is 1. The molecule has 1 saturated heterocycles. The van der Waals surface area contributed by atoms with Gasteiger partial charge in [-0.1, -0.05) is 0 Å². The first-order chi connectivity index (χ1) is 8.70. The van der Waals surface area contributed by atoms with Gasteiger partial charge in [0.05, 0.1) is 12.6 Å². The molecule has 0 unspecified atom stereocenters. The summed E-state index contributed by atoms with van der Waals surface area (Å²) in [4.78, 5) is 15.8. The van der Waals surface area contributed by atoms with Crippen molar-refractivity contribution in [2.24, 2.45) is 0 Å². The molecule has 94 valence electrons.